The van der Waals surface area contributed by atoms with E-state index in [0.29, 0.717) is 11.4 Å². The number of hydrogen-bond donors (Lipinski definition) is 0. The van der Waals surface area contributed by atoms with Crippen LogP contribution in [0.5, 0.6) is 0 Å². The molecule has 3 aromatic rings. The average molecular weight is 301 g/mol. The van der Waals surface area contributed by atoms with Crippen molar-refractivity contribution in [2.24, 2.45) is 0 Å². The first-order chi connectivity index (χ1) is 11.2. The lowest BCUT2D eigenvalue weighted by Gasteiger charge is -2.01. The number of aromatic nitrogens is 4. The van der Waals surface area contributed by atoms with E-state index in [-0.39, 0.29) is 0 Å². The first kappa shape index (κ1) is 14.7. The Morgan fingerprint density at radius 1 is 1.13 bits per heavy atom. The number of nitriles is 1. The third-order valence-electron chi connectivity index (χ3n) is 3.36. The largest absolute Gasteiger partial charge is 0.265 e. The van der Waals surface area contributed by atoms with Crippen molar-refractivity contribution in [3.05, 3.63) is 65.7 Å². The molecular weight excluding hydrogens is 286 g/mol. The highest BCUT2D eigenvalue weighted by molar-refractivity contribution is 5.84. The molecule has 2 heterocycles. The summed E-state index contributed by atoms with van der Waals surface area (Å²) in [6, 6.07) is 12.0. The summed E-state index contributed by atoms with van der Waals surface area (Å²) in [7, 11) is 0. The van der Waals surface area contributed by atoms with Crippen LogP contribution in [-0.2, 0) is 0 Å². The predicted molar refractivity (Wildman–Crippen MR) is 88.9 cm³/mol. The summed E-state index contributed by atoms with van der Waals surface area (Å²) in [6.45, 7) is 4.09. The highest BCUT2D eigenvalue weighted by Gasteiger charge is 2.06. The van der Waals surface area contributed by atoms with Gasteiger partial charge in [-0.05, 0) is 43.7 Å². The second kappa shape index (κ2) is 6.24. The Morgan fingerprint density at radius 3 is 2.48 bits per heavy atom. The van der Waals surface area contributed by atoms with Crippen LogP contribution in [0.2, 0.25) is 0 Å². The molecule has 0 saturated carbocycles. The maximum absolute atomic E-state index is 9.34. The number of pyridine rings is 1. The molecule has 112 valence electrons. The van der Waals surface area contributed by atoms with E-state index in [1.54, 1.807) is 41.7 Å². The first-order valence-electron chi connectivity index (χ1n) is 7.18. The molecule has 0 aliphatic rings. The molecule has 0 N–H and O–H groups in total. The number of benzene rings is 1. The molecule has 0 saturated heterocycles. The van der Waals surface area contributed by atoms with Crippen LogP contribution in [0.4, 0.5) is 0 Å². The topological polar surface area (TPSA) is 67.4 Å². The minimum atomic E-state index is 0.504. The van der Waals surface area contributed by atoms with Gasteiger partial charge in [-0.1, -0.05) is 17.2 Å². The van der Waals surface area contributed by atoms with E-state index >= 15 is 0 Å². The molecule has 1 aromatic carbocycles. The van der Waals surface area contributed by atoms with Gasteiger partial charge in [-0.2, -0.15) is 5.26 Å². The zero-order valence-electron chi connectivity index (χ0n) is 12.9. The van der Waals surface area contributed by atoms with Crippen LogP contribution >= 0.6 is 0 Å². The van der Waals surface area contributed by atoms with E-state index in [1.807, 2.05) is 26.0 Å². The number of aryl methyl sites for hydroxylation is 2. The molecule has 0 amide bonds. The van der Waals surface area contributed by atoms with Gasteiger partial charge < -0.3 is 0 Å². The molecule has 0 bridgehead atoms. The molecule has 0 aliphatic carbocycles. The molecular formula is C18H15N5. The highest BCUT2D eigenvalue weighted by Crippen LogP contribution is 2.19. The summed E-state index contributed by atoms with van der Waals surface area (Å²) in [5.74, 6) is 0.639. The van der Waals surface area contributed by atoms with Gasteiger partial charge in [-0.15, -0.1) is 5.10 Å². The summed E-state index contributed by atoms with van der Waals surface area (Å²) < 4.78 is 1.56. The normalized spacial score (nSPS) is 11.3. The summed E-state index contributed by atoms with van der Waals surface area (Å²) in [4.78, 5) is 8.29. The maximum atomic E-state index is 9.34. The highest BCUT2D eigenvalue weighted by atomic mass is 15.3. The molecule has 0 atom stereocenters. The molecule has 3 rings (SSSR count). The smallest absolute Gasteiger partial charge is 0.181 e. The van der Waals surface area contributed by atoms with E-state index in [4.69, 9.17) is 0 Å². The Labute approximate surface area is 134 Å². The lowest BCUT2D eigenvalue weighted by atomic mass is 10.1. The molecule has 0 spiro atoms. The summed E-state index contributed by atoms with van der Waals surface area (Å²) in [5, 5.41) is 13.8. The van der Waals surface area contributed by atoms with Gasteiger partial charge in [0.05, 0.1) is 5.57 Å². The first-order valence-corrected chi connectivity index (χ1v) is 7.18. The fourth-order valence-electron chi connectivity index (χ4n) is 2.40. The van der Waals surface area contributed by atoms with Gasteiger partial charge in [-0.3, -0.25) is 4.98 Å². The summed E-state index contributed by atoms with van der Waals surface area (Å²) in [5.41, 5.74) is 4.61. The Bertz CT molecular complexity index is 880. The van der Waals surface area contributed by atoms with Crippen molar-refractivity contribution in [3.8, 4) is 17.5 Å². The number of hydrogen-bond acceptors (Lipinski definition) is 4. The fraction of sp³-hybridized carbons (Fsp3) is 0.111. The van der Waals surface area contributed by atoms with Gasteiger partial charge in [0.25, 0.3) is 0 Å². The Kier molecular flexibility index (Phi) is 3.98. The lowest BCUT2D eigenvalue weighted by molar-refractivity contribution is 0.938. The quantitative estimate of drug-likeness (QED) is 0.695. The standard InChI is InChI=1S/C18H15N5/c1-13-7-14(2)9-16(8-13)18-21-12-23(22-18)11-17(10-19)15-3-5-20-6-4-15/h3-9,11-12H,1-2H3/b17-11-. The van der Waals surface area contributed by atoms with E-state index in [1.165, 1.54) is 11.1 Å². The van der Waals surface area contributed by atoms with Crippen LogP contribution in [0, 0.1) is 25.2 Å². The van der Waals surface area contributed by atoms with Crippen molar-refractivity contribution in [2.75, 3.05) is 0 Å². The van der Waals surface area contributed by atoms with E-state index in [0.717, 1.165) is 11.1 Å². The lowest BCUT2D eigenvalue weighted by Crippen LogP contribution is -1.91. The second-order valence-electron chi connectivity index (χ2n) is 5.32. The zero-order valence-corrected chi connectivity index (χ0v) is 12.9. The van der Waals surface area contributed by atoms with Crippen LogP contribution < -0.4 is 0 Å². The van der Waals surface area contributed by atoms with Crippen molar-refractivity contribution in [1.82, 2.24) is 19.7 Å². The van der Waals surface area contributed by atoms with Gasteiger partial charge in [-0.25, -0.2) is 9.67 Å². The fourth-order valence-corrected chi connectivity index (χ4v) is 2.40. The predicted octanol–water partition coefficient (Wildman–Crippen LogP) is 3.48. The summed E-state index contributed by atoms with van der Waals surface area (Å²) in [6.07, 6.45) is 6.58. The number of allylic oxidation sites excluding steroid dienone is 1. The van der Waals surface area contributed by atoms with Crippen molar-refractivity contribution < 1.29 is 0 Å². The summed E-state index contributed by atoms with van der Waals surface area (Å²) >= 11 is 0. The third kappa shape index (κ3) is 3.33. The van der Waals surface area contributed by atoms with Crippen molar-refractivity contribution in [3.63, 3.8) is 0 Å². The third-order valence-corrected chi connectivity index (χ3v) is 3.36. The Balaban J connectivity index is 1.96. The molecule has 5 heteroatoms. The van der Waals surface area contributed by atoms with Gasteiger partial charge in [0, 0.05) is 24.2 Å². The SMILES string of the molecule is Cc1cc(C)cc(-c2ncn(/C=C(/C#N)c3ccncc3)n2)c1. The monoisotopic (exact) mass is 301 g/mol. The van der Waals surface area contributed by atoms with Crippen LogP contribution in [0.1, 0.15) is 16.7 Å². The molecule has 0 unspecified atom stereocenters. The number of rotatable bonds is 3. The van der Waals surface area contributed by atoms with Crippen molar-refractivity contribution in [2.45, 2.75) is 13.8 Å². The van der Waals surface area contributed by atoms with Crippen LogP contribution in [-0.4, -0.2) is 19.7 Å². The average Bonchev–Trinajstić information content (AvgIpc) is 3.01. The minimum absolute atomic E-state index is 0.504. The molecule has 23 heavy (non-hydrogen) atoms. The molecule has 2 aromatic heterocycles. The Morgan fingerprint density at radius 2 is 1.83 bits per heavy atom. The zero-order chi connectivity index (χ0) is 16.2. The van der Waals surface area contributed by atoms with Gasteiger partial charge >= 0.3 is 0 Å². The van der Waals surface area contributed by atoms with Gasteiger partial charge in [0.15, 0.2) is 5.82 Å². The van der Waals surface area contributed by atoms with Crippen LogP contribution in [0.15, 0.2) is 49.1 Å². The molecule has 5 nitrogen and oxygen atoms in total. The van der Waals surface area contributed by atoms with E-state index in [9.17, 15) is 5.26 Å². The second-order valence-corrected chi connectivity index (χ2v) is 5.32. The molecule has 0 radical (unpaired) electrons. The molecule has 0 aliphatic heterocycles. The van der Waals surface area contributed by atoms with Gasteiger partial charge in [0.2, 0.25) is 0 Å². The van der Waals surface area contributed by atoms with Gasteiger partial charge in [0.1, 0.15) is 12.4 Å². The number of nitrogens with zero attached hydrogens (tertiary/aromatic N) is 5. The molecule has 0 fully saturated rings. The minimum Gasteiger partial charge on any atom is -0.265 e. The van der Waals surface area contributed by atoms with Crippen LogP contribution in [0.3, 0.4) is 0 Å². The van der Waals surface area contributed by atoms with E-state index in [2.05, 4.69) is 27.2 Å². The maximum Gasteiger partial charge on any atom is 0.181 e. The Hall–Kier alpha value is -3.26. The van der Waals surface area contributed by atoms with Crippen molar-refractivity contribution in [1.29, 1.82) is 5.26 Å². The van der Waals surface area contributed by atoms with Crippen molar-refractivity contribution >= 4 is 11.8 Å². The van der Waals surface area contributed by atoms with Crippen LogP contribution in [0.25, 0.3) is 23.2 Å². The van der Waals surface area contributed by atoms with E-state index < -0.39 is 0 Å².